The average molecular weight is 413 g/mol. The first-order valence-electron chi connectivity index (χ1n) is 9.58. The zero-order valence-electron chi connectivity index (χ0n) is 16.4. The van der Waals surface area contributed by atoms with E-state index in [0.29, 0.717) is 48.7 Å². The van der Waals surface area contributed by atoms with E-state index in [1.54, 1.807) is 23.1 Å². The van der Waals surface area contributed by atoms with E-state index in [0.717, 1.165) is 10.4 Å². The number of furan rings is 1. The van der Waals surface area contributed by atoms with Gasteiger partial charge >= 0.3 is 6.09 Å². The van der Waals surface area contributed by atoms with E-state index in [1.807, 2.05) is 13.8 Å². The summed E-state index contributed by atoms with van der Waals surface area (Å²) in [6.45, 7) is 5.04. The van der Waals surface area contributed by atoms with Crippen molar-refractivity contribution >= 4 is 34.4 Å². The largest absolute Gasteiger partial charge is 0.465 e. The molecule has 0 radical (unpaired) electrons. The van der Waals surface area contributed by atoms with Gasteiger partial charge < -0.3 is 19.4 Å². The van der Waals surface area contributed by atoms with Crippen LogP contribution in [0.2, 0.25) is 0 Å². The number of nitrogens with one attached hydrogen (secondary N) is 1. The summed E-state index contributed by atoms with van der Waals surface area (Å²) in [6, 6.07) is 5.69. The molecule has 1 aliphatic carbocycles. The van der Waals surface area contributed by atoms with Crippen molar-refractivity contribution in [2.24, 2.45) is 0 Å². The number of carbonyl (C=O) groups excluding carboxylic acids is 2. The lowest BCUT2D eigenvalue weighted by Gasteiger charge is -2.26. The van der Waals surface area contributed by atoms with Gasteiger partial charge in [-0.1, -0.05) is 0 Å². The Morgan fingerprint density at radius 3 is 2.90 bits per heavy atom. The van der Waals surface area contributed by atoms with Gasteiger partial charge in [0.15, 0.2) is 0 Å². The van der Waals surface area contributed by atoms with Gasteiger partial charge in [0, 0.05) is 30.5 Å². The molecule has 152 valence electrons. The highest BCUT2D eigenvalue weighted by molar-refractivity contribution is 7.16. The van der Waals surface area contributed by atoms with E-state index in [2.05, 4.69) is 11.4 Å². The molecule has 2 aromatic heterocycles. The van der Waals surface area contributed by atoms with Crippen LogP contribution in [0.3, 0.4) is 0 Å². The lowest BCUT2D eigenvalue weighted by atomic mass is 9.94. The van der Waals surface area contributed by atoms with E-state index in [9.17, 15) is 14.9 Å². The van der Waals surface area contributed by atoms with E-state index in [1.165, 1.54) is 23.7 Å². The van der Waals surface area contributed by atoms with Crippen LogP contribution in [0, 0.1) is 11.3 Å². The van der Waals surface area contributed by atoms with Crippen molar-refractivity contribution in [2.75, 3.05) is 18.4 Å². The van der Waals surface area contributed by atoms with Gasteiger partial charge in [-0.25, -0.2) is 4.79 Å². The first kappa shape index (κ1) is 20.7. The Kier molecular flexibility index (Phi) is 6.73. The van der Waals surface area contributed by atoms with Crippen LogP contribution >= 0.6 is 11.3 Å². The Bertz CT molecular complexity index is 936. The topological polar surface area (TPSA) is 95.6 Å². The predicted octanol–water partition coefficient (Wildman–Crippen LogP) is 4.20. The van der Waals surface area contributed by atoms with Crippen LogP contribution in [0.1, 0.15) is 42.0 Å². The second-order valence-corrected chi connectivity index (χ2v) is 7.68. The van der Waals surface area contributed by atoms with E-state index < -0.39 is 0 Å². The number of thiophene rings is 1. The molecule has 1 unspecified atom stereocenters. The second-order valence-electron chi connectivity index (χ2n) is 6.58. The van der Waals surface area contributed by atoms with Crippen molar-refractivity contribution in [1.82, 2.24) is 4.90 Å². The Morgan fingerprint density at radius 2 is 2.24 bits per heavy atom. The summed E-state index contributed by atoms with van der Waals surface area (Å²) in [7, 11) is 0. The third-order valence-corrected chi connectivity index (χ3v) is 5.97. The summed E-state index contributed by atoms with van der Waals surface area (Å²) in [5.41, 5.74) is 1.44. The number of hydrogen-bond acceptors (Lipinski definition) is 6. The van der Waals surface area contributed by atoms with E-state index in [-0.39, 0.29) is 18.1 Å². The highest BCUT2D eigenvalue weighted by Gasteiger charge is 2.29. The number of rotatable bonds is 6. The van der Waals surface area contributed by atoms with Crippen LogP contribution in [0.25, 0.3) is 6.08 Å². The van der Waals surface area contributed by atoms with Crippen molar-refractivity contribution in [3.05, 3.63) is 46.2 Å². The number of anilines is 1. The Morgan fingerprint density at radius 1 is 1.45 bits per heavy atom. The smallest absolute Gasteiger partial charge is 0.410 e. The number of fused-ring (bicyclic) bond motifs is 1. The maximum absolute atomic E-state index is 12.2. The zero-order valence-corrected chi connectivity index (χ0v) is 17.3. The lowest BCUT2D eigenvalue weighted by molar-refractivity contribution is -0.111. The fourth-order valence-corrected chi connectivity index (χ4v) is 4.52. The van der Waals surface area contributed by atoms with E-state index >= 15 is 0 Å². The molecule has 1 N–H and O–H groups in total. The highest BCUT2D eigenvalue weighted by atomic mass is 32.1. The van der Waals surface area contributed by atoms with Crippen molar-refractivity contribution in [2.45, 2.75) is 39.2 Å². The Balaban J connectivity index is 1.69. The first-order valence-corrected chi connectivity index (χ1v) is 10.4. The molecule has 8 heteroatoms. The normalized spacial score (nSPS) is 15.6. The van der Waals surface area contributed by atoms with Crippen molar-refractivity contribution in [1.29, 1.82) is 5.26 Å². The molecule has 2 amide bonds. The molecule has 0 saturated carbocycles. The molecule has 2 heterocycles. The minimum Gasteiger partial charge on any atom is -0.465 e. The molecule has 2 aromatic rings. The second kappa shape index (κ2) is 9.43. The van der Waals surface area contributed by atoms with Crippen LogP contribution < -0.4 is 5.32 Å². The zero-order chi connectivity index (χ0) is 20.8. The van der Waals surface area contributed by atoms with Crippen LogP contribution in [0.15, 0.2) is 28.9 Å². The number of amides is 2. The molecule has 0 spiro atoms. The van der Waals surface area contributed by atoms with Gasteiger partial charge in [0.1, 0.15) is 22.9 Å². The summed E-state index contributed by atoms with van der Waals surface area (Å²) < 4.78 is 10.8. The molecule has 1 atom stereocenters. The Hall–Kier alpha value is -3.05. The van der Waals surface area contributed by atoms with Gasteiger partial charge in [0.05, 0.1) is 11.8 Å². The fourth-order valence-electron chi connectivity index (χ4n) is 3.26. The molecule has 0 fully saturated rings. The fraction of sp³-hybridized carbons (Fsp3) is 0.381. The van der Waals surface area contributed by atoms with Crippen LogP contribution in [0.5, 0.6) is 0 Å². The Labute approximate surface area is 173 Å². The van der Waals surface area contributed by atoms with E-state index in [4.69, 9.17) is 9.15 Å². The monoisotopic (exact) mass is 413 g/mol. The summed E-state index contributed by atoms with van der Waals surface area (Å²) in [5.74, 6) is 0.241. The van der Waals surface area contributed by atoms with Gasteiger partial charge in [-0.15, -0.1) is 11.3 Å². The van der Waals surface area contributed by atoms with Crippen LogP contribution in [-0.4, -0.2) is 36.1 Å². The van der Waals surface area contributed by atoms with Gasteiger partial charge in [0.2, 0.25) is 5.91 Å². The molecule has 1 aliphatic rings. The van der Waals surface area contributed by atoms with Gasteiger partial charge in [-0.05, 0) is 50.5 Å². The molecular formula is C21H23N3O4S. The molecule has 3 rings (SSSR count). The van der Waals surface area contributed by atoms with Crippen molar-refractivity contribution in [3.63, 3.8) is 0 Å². The van der Waals surface area contributed by atoms with Gasteiger partial charge in [-0.3, -0.25) is 4.79 Å². The highest BCUT2D eigenvalue weighted by Crippen LogP contribution is 2.38. The number of nitrogens with zero attached hydrogens (tertiary/aromatic N) is 2. The van der Waals surface area contributed by atoms with Gasteiger partial charge in [0.25, 0.3) is 0 Å². The lowest BCUT2D eigenvalue weighted by Crippen LogP contribution is -2.35. The number of ether oxygens (including phenoxy) is 1. The number of carbonyl (C=O) groups is 2. The van der Waals surface area contributed by atoms with Crippen molar-refractivity contribution in [3.8, 4) is 6.07 Å². The standard InChI is InChI=1S/C21H23N3O4S/c1-3-24(4-2)21(26)28-15-7-9-16-17(13-22)20(29-18(16)12-15)23-19(25)10-8-14-6-5-11-27-14/h5-6,8,10-11,15H,3-4,7,9,12H2,1-2H3,(H,23,25)/b10-8+. The van der Waals surface area contributed by atoms with Crippen molar-refractivity contribution < 1.29 is 18.7 Å². The third-order valence-electron chi connectivity index (χ3n) is 4.80. The predicted molar refractivity (Wildman–Crippen MR) is 111 cm³/mol. The van der Waals surface area contributed by atoms with Crippen LogP contribution in [0.4, 0.5) is 9.80 Å². The quantitative estimate of drug-likeness (QED) is 0.716. The molecule has 0 aliphatic heterocycles. The minimum absolute atomic E-state index is 0.219. The molecule has 0 bridgehead atoms. The minimum atomic E-state index is -0.332. The average Bonchev–Trinajstić information content (AvgIpc) is 3.34. The third kappa shape index (κ3) is 4.87. The maximum Gasteiger partial charge on any atom is 0.410 e. The number of nitriles is 1. The summed E-state index contributed by atoms with van der Waals surface area (Å²) >= 11 is 1.37. The molecule has 0 aromatic carbocycles. The first-order chi connectivity index (χ1) is 14.0. The molecular weight excluding hydrogens is 390 g/mol. The molecule has 7 nitrogen and oxygen atoms in total. The summed E-state index contributed by atoms with van der Waals surface area (Å²) in [4.78, 5) is 27.1. The van der Waals surface area contributed by atoms with Crippen LogP contribution in [-0.2, 0) is 22.4 Å². The maximum atomic E-state index is 12.2. The molecule has 29 heavy (non-hydrogen) atoms. The summed E-state index contributed by atoms with van der Waals surface area (Å²) in [6.07, 6.45) is 5.80. The summed E-state index contributed by atoms with van der Waals surface area (Å²) in [5, 5.41) is 12.9. The molecule has 0 saturated heterocycles. The number of hydrogen-bond donors (Lipinski definition) is 1. The van der Waals surface area contributed by atoms with Gasteiger partial charge in [-0.2, -0.15) is 5.26 Å². The SMILES string of the molecule is CCN(CC)C(=O)OC1CCc2c(sc(NC(=O)/C=C/c3ccco3)c2C#N)C1.